The van der Waals surface area contributed by atoms with Gasteiger partial charge in [0.2, 0.25) is 5.88 Å². The first-order chi connectivity index (χ1) is 10.7. The Morgan fingerprint density at radius 3 is 2.45 bits per heavy atom. The number of rotatable bonds is 4. The molecular formula is C17H13NO3S. The molecule has 0 N–H and O–H groups in total. The Morgan fingerprint density at radius 2 is 1.82 bits per heavy atom. The molecule has 0 bridgehead atoms. The SMILES string of the molecule is Cc1ccsc1C(=O)Oc1ccc(Oc2ccccn2)cc1. The van der Waals surface area contributed by atoms with E-state index in [1.165, 1.54) is 11.3 Å². The van der Waals surface area contributed by atoms with Gasteiger partial charge in [-0.05, 0) is 54.3 Å². The van der Waals surface area contributed by atoms with Crippen LogP contribution in [0.4, 0.5) is 0 Å². The van der Waals surface area contributed by atoms with E-state index in [1.807, 2.05) is 30.5 Å². The van der Waals surface area contributed by atoms with Crippen molar-refractivity contribution in [2.45, 2.75) is 6.92 Å². The number of carbonyl (C=O) groups excluding carboxylic acids is 1. The minimum absolute atomic E-state index is 0.342. The fourth-order valence-corrected chi connectivity index (χ4v) is 2.64. The second-order valence-electron chi connectivity index (χ2n) is 4.56. The Kier molecular flexibility index (Phi) is 4.16. The summed E-state index contributed by atoms with van der Waals surface area (Å²) in [4.78, 5) is 16.7. The van der Waals surface area contributed by atoms with Crippen molar-refractivity contribution >= 4 is 17.3 Å². The third-order valence-corrected chi connectivity index (χ3v) is 3.94. The van der Waals surface area contributed by atoms with Gasteiger partial charge in [-0.15, -0.1) is 11.3 Å². The van der Waals surface area contributed by atoms with Gasteiger partial charge in [0.25, 0.3) is 0 Å². The highest BCUT2D eigenvalue weighted by Crippen LogP contribution is 2.24. The lowest BCUT2D eigenvalue weighted by molar-refractivity contribution is 0.0739. The Morgan fingerprint density at radius 1 is 1.05 bits per heavy atom. The largest absolute Gasteiger partial charge is 0.439 e. The van der Waals surface area contributed by atoms with Crippen LogP contribution in [0.5, 0.6) is 17.4 Å². The van der Waals surface area contributed by atoms with Gasteiger partial charge in [-0.3, -0.25) is 0 Å². The Labute approximate surface area is 132 Å². The second kappa shape index (κ2) is 6.41. The molecule has 0 aliphatic carbocycles. The summed E-state index contributed by atoms with van der Waals surface area (Å²) < 4.78 is 10.9. The lowest BCUT2D eigenvalue weighted by Gasteiger charge is -2.06. The molecule has 0 spiro atoms. The number of pyridine rings is 1. The average Bonchev–Trinajstić information content (AvgIpc) is 2.96. The van der Waals surface area contributed by atoms with Crippen molar-refractivity contribution in [2.75, 3.05) is 0 Å². The molecule has 0 aliphatic rings. The molecule has 110 valence electrons. The number of hydrogen-bond donors (Lipinski definition) is 0. The molecule has 1 aromatic carbocycles. The normalized spacial score (nSPS) is 10.2. The molecule has 0 radical (unpaired) electrons. The summed E-state index contributed by atoms with van der Waals surface area (Å²) in [5, 5.41) is 1.87. The summed E-state index contributed by atoms with van der Waals surface area (Å²) in [5.41, 5.74) is 0.921. The standard InChI is InChI=1S/C17H13NO3S/c1-12-9-11-22-16(12)17(19)21-14-7-5-13(6-8-14)20-15-4-2-3-10-18-15/h2-11H,1H3. The van der Waals surface area contributed by atoms with E-state index < -0.39 is 0 Å². The van der Waals surface area contributed by atoms with Crippen LogP contribution < -0.4 is 9.47 Å². The van der Waals surface area contributed by atoms with E-state index >= 15 is 0 Å². The monoisotopic (exact) mass is 311 g/mol. The van der Waals surface area contributed by atoms with Crippen LogP contribution in [0, 0.1) is 6.92 Å². The van der Waals surface area contributed by atoms with Gasteiger partial charge < -0.3 is 9.47 Å². The number of nitrogens with zero attached hydrogens (tertiary/aromatic N) is 1. The molecule has 0 fully saturated rings. The van der Waals surface area contributed by atoms with Crippen LogP contribution in [0.3, 0.4) is 0 Å². The zero-order valence-electron chi connectivity index (χ0n) is 11.9. The Hall–Kier alpha value is -2.66. The van der Waals surface area contributed by atoms with E-state index in [1.54, 1.807) is 36.5 Å². The maximum Gasteiger partial charge on any atom is 0.353 e. The third kappa shape index (κ3) is 3.32. The molecule has 5 heteroatoms. The van der Waals surface area contributed by atoms with Gasteiger partial charge in [0.15, 0.2) is 0 Å². The molecule has 22 heavy (non-hydrogen) atoms. The number of hydrogen-bond acceptors (Lipinski definition) is 5. The maximum absolute atomic E-state index is 12.0. The van der Waals surface area contributed by atoms with Crippen molar-refractivity contribution < 1.29 is 14.3 Å². The molecule has 2 aromatic heterocycles. The summed E-state index contributed by atoms with van der Waals surface area (Å²) in [6.07, 6.45) is 1.66. The fourth-order valence-electron chi connectivity index (χ4n) is 1.84. The lowest BCUT2D eigenvalue weighted by Crippen LogP contribution is -2.07. The van der Waals surface area contributed by atoms with Crippen molar-refractivity contribution in [3.05, 3.63) is 70.5 Å². The quantitative estimate of drug-likeness (QED) is 0.527. The minimum atomic E-state index is -0.342. The topological polar surface area (TPSA) is 48.4 Å². The van der Waals surface area contributed by atoms with Gasteiger partial charge >= 0.3 is 5.97 Å². The molecule has 3 rings (SSSR count). The number of aromatic nitrogens is 1. The van der Waals surface area contributed by atoms with Gasteiger partial charge in [0.1, 0.15) is 16.4 Å². The number of esters is 1. The number of ether oxygens (including phenoxy) is 2. The molecule has 0 saturated heterocycles. The molecule has 0 saturated carbocycles. The average molecular weight is 311 g/mol. The zero-order chi connectivity index (χ0) is 15.4. The highest BCUT2D eigenvalue weighted by Gasteiger charge is 2.13. The lowest BCUT2D eigenvalue weighted by atomic mass is 10.3. The van der Waals surface area contributed by atoms with Crippen molar-refractivity contribution in [1.29, 1.82) is 0 Å². The maximum atomic E-state index is 12.0. The van der Waals surface area contributed by atoms with Crippen LogP contribution in [0.15, 0.2) is 60.1 Å². The van der Waals surface area contributed by atoms with E-state index in [9.17, 15) is 4.79 Å². The predicted molar refractivity (Wildman–Crippen MR) is 84.8 cm³/mol. The third-order valence-electron chi connectivity index (χ3n) is 2.94. The zero-order valence-corrected chi connectivity index (χ0v) is 12.7. The highest BCUT2D eigenvalue weighted by molar-refractivity contribution is 7.12. The summed E-state index contributed by atoms with van der Waals surface area (Å²) >= 11 is 1.37. The molecule has 2 heterocycles. The predicted octanol–water partition coefficient (Wildman–Crippen LogP) is 4.46. The van der Waals surface area contributed by atoms with Gasteiger partial charge in [-0.2, -0.15) is 0 Å². The molecule has 3 aromatic rings. The van der Waals surface area contributed by atoms with Crippen LogP contribution in [0.2, 0.25) is 0 Å². The molecule has 4 nitrogen and oxygen atoms in total. The van der Waals surface area contributed by atoms with Crippen LogP contribution in [0.1, 0.15) is 15.2 Å². The number of thiophene rings is 1. The number of benzene rings is 1. The van der Waals surface area contributed by atoms with Gasteiger partial charge in [-0.25, -0.2) is 9.78 Å². The molecular weight excluding hydrogens is 298 g/mol. The van der Waals surface area contributed by atoms with Crippen molar-refractivity contribution in [1.82, 2.24) is 4.98 Å². The first-order valence-corrected chi connectivity index (χ1v) is 7.55. The van der Waals surface area contributed by atoms with Crippen LogP contribution in [-0.2, 0) is 0 Å². The van der Waals surface area contributed by atoms with E-state index in [4.69, 9.17) is 9.47 Å². The van der Waals surface area contributed by atoms with E-state index in [-0.39, 0.29) is 5.97 Å². The van der Waals surface area contributed by atoms with Gasteiger partial charge in [0, 0.05) is 12.3 Å². The Bertz CT molecular complexity index is 766. The van der Waals surface area contributed by atoms with E-state index in [0.717, 1.165) is 5.56 Å². The number of aryl methyl sites for hydroxylation is 1. The van der Waals surface area contributed by atoms with Crippen LogP contribution in [0.25, 0.3) is 0 Å². The van der Waals surface area contributed by atoms with Crippen LogP contribution >= 0.6 is 11.3 Å². The minimum Gasteiger partial charge on any atom is -0.439 e. The van der Waals surface area contributed by atoms with E-state index in [0.29, 0.717) is 22.3 Å². The Balaban J connectivity index is 1.67. The smallest absolute Gasteiger partial charge is 0.353 e. The molecule has 0 amide bonds. The second-order valence-corrected chi connectivity index (χ2v) is 5.48. The molecule has 0 atom stereocenters. The van der Waals surface area contributed by atoms with Crippen molar-refractivity contribution in [3.8, 4) is 17.4 Å². The molecule has 0 aliphatic heterocycles. The van der Waals surface area contributed by atoms with E-state index in [2.05, 4.69) is 4.98 Å². The summed E-state index contributed by atoms with van der Waals surface area (Å²) in [5.74, 6) is 1.28. The van der Waals surface area contributed by atoms with Crippen molar-refractivity contribution in [3.63, 3.8) is 0 Å². The first-order valence-electron chi connectivity index (χ1n) is 6.67. The summed E-state index contributed by atoms with van der Waals surface area (Å²) in [7, 11) is 0. The highest BCUT2D eigenvalue weighted by atomic mass is 32.1. The summed E-state index contributed by atoms with van der Waals surface area (Å²) in [6, 6.07) is 14.2. The summed E-state index contributed by atoms with van der Waals surface area (Å²) in [6.45, 7) is 1.89. The van der Waals surface area contributed by atoms with Crippen LogP contribution in [-0.4, -0.2) is 11.0 Å². The molecule has 0 unspecified atom stereocenters. The van der Waals surface area contributed by atoms with Gasteiger partial charge in [0.05, 0.1) is 0 Å². The van der Waals surface area contributed by atoms with Gasteiger partial charge in [-0.1, -0.05) is 6.07 Å². The van der Waals surface area contributed by atoms with Crippen molar-refractivity contribution in [2.24, 2.45) is 0 Å². The first kappa shape index (κ1) is 14.3. The number of carbonyl (C=O) groups is 1. The fraction of sp³-hybridized carbons (Fsp3) is 0.0588.